The molecule has 0 fully saturated rings. The van der Waals surface area contributed by atoms with Crippen molar-refractivity contribution in [3.63, 3.8) is 0 Å². The monoisotopic (exact) mass is 607 g/mol. The van der Waals surface area contributed by atoms with Gasteiger partial charge in [0.15, 0.2) is 5.82 Å². The number of nitrogens with two attached hydrogens (primary N) is 3. The summed E-state index contributed by atoms with van der Waals surface area (Å²) in [7, 11) is 0. The molecule has 4 heterocycles. The summed E-state index contributed by atoms with van der Waals surface area (Å²) in [6.07, 6.45) is 12.8. The van der Waals surface area contributed by atoms with Gasteiger partial charge in [0.25, 0.3) is 0 Å². The molecule has 9 heteroatoms. The van der Waals surface area contributed by atoms with Crippen LogP contribution in [0.15, 0.2) is 54.7 Å². The van der Waals surface area contributed by atoms with Crippen molar-refractivity contribution >= 4 is 49.7 Å². The summed E-state index contributed by atoms with van der Waals surface area (Å²) in [6, 6.07) is 16.5. The van der Waals surface area contributed by atoms with Crippen LogP contribution < -0.4 is 17.2 Å². The van der Waals surface area contributed by atoms with Gasteiger partial charge in [-0.2, -0.15) is 0 Å². The second-order valence-corrected chi connectivity index (χ2v) is 11.8. The fourth-order valence-electron chi connectivity index (χ4n) is 6.08. The summed E-state index contributed by atoms with van der Waals surface area (Å²) in [5.74, 6) is 2.82. The third kappa shape index (κ3) is 7.26. The number of nitrogen functional groups attached to an aromatic ring is 1. The lowest BCUT2D eigenvalue weighted by Gasteiger charge is -2.10. The van der Waals surface area contributed by atoms with Crippen molar-refractivity contribution in [3.05, 3.63) is 66.4 Å². The van der Waals surface area contributed by atoms with Gasteiger partial charge in [0.2, 0.25) is 0 Å². The molecule has 0 aliphatic heterocycles. The van der Waals surface area contributed by atoms with Gasteiger partial charge < -0.3 is 26.3 Å². The summed E-state index contributed by atoms with van der Waals surface area (Å²) in [4.78, 5) is 18.7. The highest BCUT2D eigenvalue weighted by Crippen LogP contribution is 2.30. The van der Waals surface area contributed by atoms with E-state index in [-0.39, 0.29) is 0 Å². The second kappa shape index (κ2) is 15.8. The molecule has 45 heavy (non-hydrogen) atoms. The average molecular weight is 608 g/mol. The molecule has 0 bridgehead atoms. The average Bonchev–Trinajstić information content (AvgIpc) is 3.62. The van der Waals surface area contributed by atoms with Crippen LogP contribution in [-0.2, 0) is 25.9 Å². The Morgan fingerprint density at radius 3 is 1.78 bits per heavy atom. The standard InChI is InChI=1S/C18H25N5.C18H24N4/c1-2-3-10-15-22-16-17(23(15)12-7-6-11-19)13-8-4-5-9-14(13)21-18(16)20;1-2-3-10-17-21-16-13-20-15-9-5-4-8-14(15)18(16)22(17)12-7-6-11-19/h4-5,8-9H,2-3,6-7,10-12,19H2,1H3,(H2,20,21);4-5,8-9,13H,2-3,6-7,10-12,19H2,1H3. The molecule has 6 rings (SSSR count). The molecule has 0 aliphatic carbocycles. The number of aromatic nitrogens is 6. The molecule has 4 aromatic heterocycles. The lowest BCUT2D eigenvalue weighted by atomic mass is 10.2. The van der Waals surface area contributed by atoms with Gasteiger partial charge in [0.1, 0.15) is 22.7 Å². The topological polar surface area (TPSA) is 139 Å². The summed E-state index contributed by atoms with van der Waals surface area (Å²) in [5, 5.41) is 2.32. The van der Waals surface area contributed by atoms with Gasteiger partial charge in [0, 0.05) is 36.7 Å². The predicted molar refractivity (Wildman–Crippen MR) is 188 cm³/mol. The van der Waals surface area contributed by atoms with Crippen molar-refractivity contribution in [2.24, 2.45) is 11.5 Å². The summed E-state index contributed by atoms with van der Waals surface area (Å²) in [5.41, 5.74) is 23.7. The van der Waals surface area contributed by atoms with Crippen molar-refractivity contribution in [3.8, 4) is 0 Å². The molecule has 9 nitrogen and oxygen atoms in total. The number of nitrogens with zero attached hydrogens (tertiary/aromatic N) is 6. The highest BCUT2D eigenvalue weighted by molar-refractivity contribution is 6.06. The van der Waals surface area contributed by atoms with E-state index < -0.39 is 0 Å². The fraction of sp³-hybridized carbons (Fsp3) is 0.444. The van der Waals surface area contributed by atoms with Gasteiger partial charge in [0.05, 0.1) is 28.3 Å². The van der Waals surface area contributed by atoms with E-state index in [9.17, 15) is 0 Å². The van der Waals surface area contributed by atoms with Crippen LogP contribution in [0.3, 0.4) is 0 Å². The molecule has 0 radical (unpaired) electrons. The molecular weight excluding hydrogens is 558 g/mol. The Morgan fingerprint density at radius 1 is 0.600 bits per heavy atom. The predicted octanol–water partition coefficient (Wildman–Crippen LogP) is 6.91. The number of anilines is 1. The molecule has 2 aromatic carbocycles. The van der Waals surface area contributed by atoms with Gasteiger partial charge in [-0.25, -0.2) is 15.0 Å². The minimum Gasteiger partial charge on any atom is -0.382 e. The van der Waals surface area contributed by atoms with Gasteiger partial charge >= 0.3 is 0 Å². The molecular formula is C36H49N9. The normalized spacial score (nSPS) is 11.6. The number of unbranched alkanes of at least 4 members (excludes halogenated alkanes) is 4. The second-order valence-electron chi connectivity index (χ2n) is 11.8. The zero-order valence-corrected chi connectivity index (χ0v) is 27.0. The van der Waals surface area contributed by atoms with Crippen LogP contribution in [0, 0.1) is 0 Å². The van der Waals surface area contributed by atoms with Crippen LogP contribution in [0.25, 0.3) is 43.9 Å². The largest absolute Gasteiger partial charge is 0.382 e. The van der Waals surface area contributed by atoms with E-state index in [0.717, 1.165) is 116 Å². The van der Waals surface area contributed by atoms with Crippen LogP contribution in [0.4, 0.5) is 5.82 Å². The first-order chi connectivity index (χ1) is 22.1. The van der Waals surface area contributed by atoms with Gasteiger partial charge in [-0.15, -0.1) is 0 Å². The number of para-hydroxylation sites is 2. The lowest BCUT2D eigenvalue weighted by Crippen LogP contribution is -2.07. The summed E-state index contributed by atoms with van der Waals surface area (Å²) in [6.45, 7) is 7.81. The van der Waals surface area contributed by atoms with E-state index in [2.05, 4.69) is 57.2 Å². The van der Waals surface area contributed by atoms with Gasteiger partial charge in [-0.1, -0.05) is 63.1 Å². The third-order valence-electron chi connectivity index (χ3n) is 8.43. The van der Waals surface area contributed by atoms with Gasteiger partial charge in [-0.3, -0.25) is 4.98 Å². The Bertz CT molecular complexity index is 1840. The number of hydrogen-bond donors (Lipinski definition) is 3. The van der Waals surface area contributed by atoms with E-state index in [1.54, 1.807) is 0 Å². The molecule has 0 atom stereocenters. The van der Waals surface area contributed by atoms with Crippen LogP contribution in [-0.4, -0.2) is 42.2 Å². The SMILES string of the molecule is CCCCc1nc2c(N)nc3ccccc3c2n1CCCCN.CCCCc1nc2cnc3ccccc3c2n1CCCCN. The number of benzene rings is 2. The molecule has 6 aromatic rings. The Kier molecular flexibility index (Phi) is 11.3. The van der Waals surface area contributed by atoms with Crippen molar-refractivity contribution in [1.29, 1.82) is 0 Å². The Balaban J connectivity index is 0.000000178. The maximum absolute atomic E-state index is 6.18. The zero-order chi connectivity index (χ0) is 31.6. The van der Waals surface area contributed by atoms with Crippen LogP contribution >= 0.6 is 0 Å². The molecule has 0 saturated heterocycles. The van der Waals surface area contributed by atoms with Crippen molar-refractivity contribution in [2.45, 2.75) is 91.1 Å². The van der Waals surface area contributed by atoms with E-state index in [0.29, 0.717) is 5.82 Å². The molecule has 0 saturated carbocycles. The first-order valence-electron chi connectivity index (χ1n) is 16.8. The third-order valence-corrected chi connectivity index (χ3v) is 8.43. The quantitative estimate of drug-likeness (QED) is 0.114. The molecule has 0 unspecified atom stereocenters. The smallest absolute Gasteiger partial charge is 0.152 e. The van der Waals surface area contributed by atoms with Crippen molar-refractivity contribution in [2.75, 3.05) is 18.8 Å². The first kappa shape index (κ1) is 32.3. The minimum atomic E-state index is 0.522. The fourth-order valence-corrected chi connectivity index (χ4v) is 6.08. The van der Waals surface area contributed by atoms with Crippen LogP contribution in [0.2, 0.25) is 0 Å². The molecule has 0 amide bonds. The Morgan fingerprint density at radius 2 is 1.16 bits per heavy atom. The van der Waals surface area contributed by atoms with E-state index in [1.165, 1.54) is 29.6 Å². The highest BCUT2D eigenvalue weighted by atomic mass is 15.1. The van der Waals surface area contributed by atoms with Crippen molar-refractivity contribution < 1.29 is 0 Å². The molecule has 0 aliphatic rings. The molecule has 238 valence electrons. The highest BCUT2D eigenvalue weighted by Gasteiger charge is 2.17. The zero-order valence-electron chi connectivity index (χ0n) is 27.0. The van der Waals surface area contributed by atoms with E-state index in [1.807, 2.05) is 30.5 Å². The number of imidazole rings is 2. The number of fused-ring (bicyclic) bond motifs is 6. The van der Waals surface area contributed by atoms with E-state index in [4.69, 9.17) is 27.2 Å². The maximum Gasteiger partial charge on any atom is 0.152 e. The number of pyridine rings is 2. The maximum atomic E-state index is 6.18. The Labute approximate surface area is 266 Å². The van der Waals surface area contributed by atoms with Gasteiger partial charge in [-0.05, 0) is 63.7 Å². The number of hydrogen-bond acceptors (Lipinski definition) is 7. The molecule has 6 N–H and O–H groups in total. The van der Waals surface area contributed by atoms with E-state index >= 15 is 0 Å². The summed E-state index contributed by atoms with van der Waals surface area (Å²) < 4.78 is 4.73. The lowest BCUT2D eigenvalue weighted by molar-refractivity contribution is 0.593. The molecule has 0 spiro atoms. The minimum absolute atomic E-state index is 0.522. The number of aryl methyl sites for hydroxylation is 4. The van der Waals surface area contributed by atoms with Crippen molar-refractivity contribution in [1.82, 2.24) is 29.1 Å². The first-order valence-corrected chi connectivity index (χ1v) is 16.8. The summed E-state index contributed by atoms with van der Waals surface area (Å²) >= 11 is 0. The van der Waals surface area contributed by atoms with Crippen LogP contribution in [0.1, 0.15) is 76.9 Å². The van der Waals surface area contributed by atoms with Crippen LogP contribution in [0.5, 0.6) is 0 Å². The number of rotatable bonds is 14. The Hall–Kier alpha value is -4.08.